The molecule has 4 aromatic rings. The van der Waals surface area contributed by atoms with Crippen LogP contribution in [0.15, 0.2) is 47.0 Å². The van der Waals surface area contributed by atoms with E-state index >= 15 is 4.39 Å². The number of aryl methyl sites for hydroxylation is 1. The molecule has 1 aliphatic carbocycles. The van der Waals surface area contributed by atoms with E-state index in [1.165, 1.54) is 6.07 Å². The standard InChI is InChI=1S/C28H21F4N3O3/c1-13-4-22(23(30)10-20(13)21-8-18(29)9-24(31)25(21)32)27-33-26(34-38-27)14-2-3-15-11-35(12-17(15)5-14)19-6-16(7-19)28(36)37/h2-5,8-10,16,19H,6-7,11-12H2,1H3,(H,36,37)/t16-,19+. The van der Waals surface area contributed by atoms with Crippen molar-refractivity contribution in [1.82, 2.24) is 15.0 Å². The topological polar surface area (TPSA) is 79.5 Å². The Labute approximate surface area is 214 Å². The lowest BCUT2D eigenvalue weighted by Gasteiger charge is -2.39. The Hall–Kier alpha value is -4.05. The van der Waals surface area contributed by atoms with Crippen LogP contribution in [0.5, 0.6) is 0 Å². The SMILES string of the molecule is Cc1cc(-c2nc(-c3ccc4c(c3)CN([C@H]3C[C@@H](C(=O)O)C3)C4)no2)c(F)cc1-c1cc(F)cc(F)c1F. The van der Waals surface area contributed by atoms with E-state index in [-0.39, 0.29) is 40.4 Å². The summed E-state index contributed by atoms with van der Waals surface area (Å²) in [6.07, 6.45) is 1.30. The average molecular weight is 523 g/mol. The Morgan fingerprint density at radius 1 is 0.947 bits per heavy atom. The van der Waals surface area contributed by atoms with Gasteiger partial charge in [-0.25, -0.2) is 17.6 Å². The van der Waals surface area contributed by atoms with Crippen molar-refractivity contribution < 1.29 is 32.0 Å². The molecule has 0 amide bonds. The Balaban J connectivity index is 1.24. The van der Waals surface area contributed by atoms with Gasteiger partial charge >= 0.3 is 5.97 Å². The van der Waals surface area contributed by atoms with Crippen LogP contribution < -0.4 is 0 Å². The van der Waals surface area contributed by atoms with Crippen LogP contribution in [-0.4, -0.2) is 32.2 Å². The minimum absolute atomic E-state index is 0.00574. The second kappa shape index (κ2) is 9.05. The number of carbonyl (C=O) groups is 1. The number of carboxylic acid groups (broad SMARTS) is 1. The Morgan fingerprint density at radius 2 is 1.71 bits per heavy atom. The van der Waals surface area contributed by atoms with Gasteiger partial charge in [0, 0.05) is 36.3 Å². The Kier molecular flexibility index (Phi) is 5.79. The van der Waals surface area contributed by atoms with Crippen molar-refractivity contribution in [2.75, 3.05) is 0 Å². The van der Waals surface area contributed by atoms with Gasteiger partial charge in [0.2, 0.25) is 5.82 Å². The van der Waals surface area contributed by atoms with E-state index in [1.807, 2.05) is 18.2 Å². The van der Waals surface area contributed by atoms with E-state index < -0.39 is 29.2 Å². The number of aromatic nitrogens is 2. The lowest BCUT2D eigenvalue weighted by atomic mass is 9.79. The van der Waals surface area contributed by atoms with Crippen molar-refractivity contribution >= 4 is 5.97 Å². The van der Waals surface area contributed by atoms with E-state index in [1.54, 1.807) is 6.92 Å². The number of aliphatic carboxylic acids is 1. The maximum atomic E-state index is 15.1. The third kappa shape index (κ3) is 4.14. The first-order valence-corrected chi connectivity index (χ1v) is 12.1. The lowest BCUT2D eigenvalue weighted by Crippen LogP contribution is -2.44. The van der Waals surface area contributed by atoms with E-state index in [0.29, 0.717) is 36.6 Å². The van der Waals surface area contributed by atoms with Crippen LogP contribution in [0.2, 0.25) is 0 Å². The molecule has 3 aromatic carbocycles. The first kappa shape index (κ1) is 24.3. The van der Waals surface area contributed by atoms with Gasteiger partial charge in [-0.2, -0.15) is 4.98 Å². The molecule has 0 spiro atoms. The highest BCUT2D eigenvalue weighted by atomic mass is 19.2. The Morgan fingerprint density at radius 3 is 2.47 bits per heavy atom. The van der Waals surface area contributed by atoms with Crippen LogP contribution in [0.1, 0.15) is 29.5 Å². The van der Waals surface area contributed by atoms with Crippen molar-refractivity contribution in [2.45, 2.75) is 38.9 Å². The smallest absolute Gasteiger partial charge is 0.306 e. The molecule has 1 fully saturated rings. The molecule has 0 bridgehead atoms. The Bertz CT molecular complexity index is 1600. The third-order valence-corrected chi connectivity index (χ3v) is 7.44. The van der Waals surface area contributed by atoms with Gasteiger partial charge in [-0.3, -0.25) is 9.69 Å². The molecule has 0 atom stereocenters. The van der Waals surface area contributed by atoms with Crippen molar-refractivity contribution in [3.8, 4) is 34.0 Å². The highest BCUT2D eigenvalue weighted by Gasteiger charge is 2.39. The highest BCUT2D eigenvalue weighted by molar-refractivity contribution is 5.73. The van der Waals surface area contributed by atoms with Gasteiger partial charge in [-0.1, -0.05) is 17.3 Å². The van der Waals surface area contributed by atoms with Gasteiger partial charge in [0.15, 0.2) is 11.6 Å². The third-order valence-electron chi connectivity index (χ3n) is 7.44. The fraction of sp³-hybridized carbons (Fsp3) is 0.250. The predicted octanol–water partition coefficient (Wildman–Crippen LogP) is 6.11. The molecular weight excluding hydrogens is 502 g/mol. The van der Waals surface area contributed by atoms with Crippen LogP contribution in [-0.2, 0) is 17.9 Å². The minimum Gasteiger partial charge on any atom is -0.481 e. The predicted molar refractivity (Wildman–Crippen MR) is 129 cm³/mol. The van der Waals surface area contributed by atoms with Crippen molar-refractivity contribution in [3.63, 3.8) is 0 Å². The molecule has 2 heterocycles. The average Bonchev–Trinajstić information content (AvgIpc) is 3.48. The van der Waals surface area contributed by atoms with Gasteiger partial charge in [-0.05, 0) is 66.3 Å². The largest absolute Gasteiger partial charge is 0.481 e. The summed E-state index contributed by atoms with van der Waals surface area (Å²) in [4.78, 5) is 17.7. The number of carboxylic acids is 1. The summed E-state index contributed by atoms with van der Waals surface area (Å²) in [6.45, 7) is 3.00. The summed E-state index contributed by atoms with van der Waals surface area (Å²) in [7, 11) is 0. The van der Waals surface area contributed by atoms with Crippen molar-refractivity contribution in [2.24, 2.45) is 5.92 Å². The molecular formula is C28H21F4N3O3. The second-order valence-corrected chi connectivity index (χ2v) is 9.87. The number of rotatable bonds is 5. The maximum Gasteiger partial charge on any atom is 0.306 e. The molecule has 10 heteroatoms. The molecule has 0 radical (unpaired) electrons. The van der Waals surface area contributed by atoms with E-state index in [9.17, 15) is 18.0 Å². The number of fused-ring (bicyclic) bond motifs is 1. The van der Waals surface area contributed by atoms with Crippen LogP contribution >= 0.6 is 0 Å². The number of hydrogen-bond donors (Lipinski definition) is 1. The van der Waals surface area contributed by atoms with Crippen LogP contribution in [0.4, 0.5) is 17.6 Å². The summed E-state index contributed by atoms with van der Waals surface area (Å²) in [5.41, 5.74) is 2.88. The molecule has 194 valence electrons. The van der Waals surface area contributed by atoms with Crippen LogP contribution in [0, 0.1) is 36.1 Å². The van der Waals surface area contributed by atoms with Gasteiger partial charge in [-0.15, -0.1) is 0 Å². The molecule has 1 aliphatic heterocycles. The van der Waals surface area contributed by atoms with Gasteiger partial charge in [0.25, 0.3) is 5.89 Å². The first-order chi connectivity index (χ1) is 18.2. The molecule has 1 aromatic heterocycles. The number of nitrogens with zero attached hydrogens (tertiary/aromatic N) is 3. The van der Waals surface area contributed by atoms with Gasteiger partial charge in [0.1, 0.15) is 11.6 Å². The monoisotopic (exact) mass is 523 g/mol. The maximum absolute atomic E-state index is 15.1. The quantitative estimate of drug-likeness (QED) is 0.251. The number of benzene rings is 3. The highest BCUT2D eigenvalue weighted by Crippen LogP contribution is 2.38. The molecule has 38 heavy (non-hydrogen) atoms. The van der Waals surface area contributed by atoms with E-state index in [2.05, 4.69) is 15.0 Å². The van der Waals surface area contributed by atoms with Crippen molar-refractivity contribution in [1.29, 1.82) is 0 Å². The molecule has 0 unspecified atom stereocenters. The van der Waals surface area contributed by atoms with Gasteiger partial charge in [0.05, 0.1) is 11.5 Å². The summed E-state index contributed by atoms with van der Waals surface area (Å²) in [5, 5.41) is 13.1. The molecule has 6 rings (SSSR count). The van der Waals surface area contributed by atoms with Crippen molar-refractivity contribution in [3.05, 3.63) is 82.4 Å². The number of halogens is 4. The molecule has 2 aliphatic rings. The van der Waals surface area contributed by atoms with E-state index in [4.69, 9.17) is 9.63 Å². The molecule has 0 saturated heterocycles. The number of hydrogen-bond acceptors (Lipinski definition) is 5. The van der Waals surface area contributed by atoms with Crippen LogP contribution in [0.3, 0.4) is 0 Å². The molecule has 1 saturated carbocycles. The zero-order chi connectivity index (χ0) is 26.7. The zero-order valence-corrected chi connectivity index (χ0v) is 20.1. The van der Waals surface area contributed by atoms with Gasteiger partial charge < -0.3 is 9.63 Å². The molecule has 1 N–H and O–H groups in total. The zero-order valence-electron chi connectivity index (χ0n) is 20.1. The molecule has 6 nitrogen and oxygen atoms in total. The second-order valence-electron chi connectivity index (χ2n) is 9.87. The minimum atomic E-state index is -1.36. The van der Waals surface area contributed by atoms with Crippen LogP contribution in [0.25, 0.3) is 34.0 Å². The first-order valence-electron chi connectivity index (χ1n) is 12.1. The van der Waals surface area contributed by atoms with E-state index in [0.717, 1.165) is 29.8 Å². The normalized spacial score (nSPS) is 18.9. The summed E-state index contributed by atoms with van der Waals surface area (Å²) >= 11 is 0. The summed E-state index contributed by atoms with van der Waals surface area (Å²) in [5.74, 6) is -5.26. The lowest BCUT2D eigenvalue weighted by molar-refractivity contribution is -0.147. The fourth-order valence-corrected chi connectivity index (χ4v) is 5.24. The summed E-state index contributed by atoms with van der Waals surface area (Å²) in [6, 6.07) is 9.62. The summed E-state index contributed by atoms with van der Waals surface area (Å²) < 4.78 is 62.1. The fourth-order valence-electron chi connectivity index (χ4n) is 5.24.